The van der Waals surface area contributed by atoms with Gasteiger partial charge in [0.25, 0.3) is 0 Å². The Kier molecular flexibility index (Phi) is 5.22. The molecule has 1 aliphatic rings. The van der Waals surface area contributed by atoms with Crippen molar-refractivity contribution in [2.45, 2.75) is 64.6 Å². The Morgan fingerprint density at radius 1 is 1.50 bits per heavy atom. The second-order valence-electron chi connectivity index (χ2n) is 5.85. The van der Waals surface area contributed by atoms with E-state index in [-0.39, 0.29) is 6.04 Å². The fourth-order valence-corrected chi connectivity index (χ4v) is 2.37. The van der Waals surface area contributed by atoms with E-state index in [2.05, 4.69) is 31.4 Å². The average molecular weight is 228 g/mol. The first kappa shape index (κ1) is 13.9. The molecule has 0 amide bonds. The van der Waals surface area contributed by atoms with Gasteiger partial charge in [-0.3, -0.25) is 0 Å². The van der Waals surface area contributed by atoms with Gasteiger partial charge in [0.05, 0.1) is 5.60 Å². The summed E-state index contributed by atoms with van der Waals surface area (Å²) in [6.07, 6.45) is 3.14. The second-order valence-corrected chi connectivity index (χ2v) is 5.85. The third-order valence-corrected chi connectivity index (χ3v) is 3.60. The standard InChI is InChI=1S/C13H28N2O/c1-10(2)14-8-6-13(4,16)12-9-11(3)5-7-15-12/h10-12,14-16H,5-9H2,1-4H3. The summed E-state index contributed by atoms with van der Waals surface area (Å²) in [4.78, 5) is 0. The van der Waals surface area contributed by atoms with Gasteiger partial charge < -0.3 is 15.7 Å². The van der Waals surface area contributed by atoms with Crippen molar-refractivity contribution in [1.82, 2.24) is 10.6 Å². The number of piperidine rings is 1. The summed E-state index contributed by atoms with van der Waals surface area (Å²) in [5.74, 6) is 0.732. The zero-order valence-electron chi connectivity index (χ0n) is 11.2. The lowest BCUT2D eigenvalue weighted by Gasteiger charge is -2.39. The maximum absolute atomic E-state index is 10.5. The molecule has 0 aromatic rings. The summed E-state index contributed by atoms with van der Waals surface area (Å²) < 4.78 is 0. The molecule has 0 aliphatic carbocycles. The van der Waals surface area contributed by atoms with E-state index in [4.69, 9.17) is 0 Å². The smallest absolute Gasteiger partial charge is 0.0784 e. The summed E-state index contributed by atoms with van der Waals surface area (Å²) in [5.41, 5.74) is -0.587. The van der Waals surface area contributed by atoms with Crippen LogP contribution in [0.2, 0.25) is 0 Å². The number of hydrogen-bond donors (Lipinski definition) is 3. The normalized spacial score (nSPS) is 30.4. The van der Waals surface area contributed by atoms with Gasteiger partial charge in [0.1, 0.15) is 0 Å². The van der Waals surface area contributed by atoms with Gasteiger partial charge >= 0.3 is 0 Å². The zero-order valence-corrected chi connectivity index (χ0v) is 11.2. The Balaban J connectivity index is 2.36. The van der Waals surface area contributed by atoms with Crippen molar-refractivity contribution in [3.8, 4) is 0 Å². The Morgan fingerprint density at radius 2 is 2.19 bits per heavy atom. The van der Waals surface area contributed by atoms with Crippen LogP contribution in [0.4, 0.5) is 0 Å². The monoisotopic (exact) mass is 228 g/mol. The van der Waals surface area contributed by atoms with Crippen LogP contribution < -0.4 is 10.6 Å². The molecule has 0 saturated carbocycles. The van der Waals surface area contributed by atoms with E-state index in [0.717, 1.165) is 31.8 Å². The minimum absolute atomic E-state index is 0.255. The SMILES string of the molecule is CC1CCNC(C(C)(O)CCNC(C)C)C1. The molecule has 3 heteroatoms. The molecule has 96 valence electrons. The number of nitrogens with one attached hydrogen (secondary N) is 2. The fourth-order valence-electron chi connectivity index (χ4n) is 2.37. The van der Waals surface area contributed by atoms with Crippen molar-refractivity contribution in [2.24, 2.45) is 5.92 Å². The van der Waals surface area contributed by atoms with Crippen LogP contribution in [0.1, 0.15) is 47.0 Å². The van der Waals surface area contributed by atoms with Crippen LogP contribution >= 0.6 is 0 Å². The van der Waals surface area contributed by atoms with Crippen LogP contribution in [0.25, 0.3) is 0 Å². The first-order valence-corrected chi connectivity index (χ1v) is 6.61. The molecule has 3 unspecified atom stereocenters. The first-order valence-electron chi connectivity index (χ1n) is 6.61. The molecule has 16 heavy (non-hydrogen) atoms. The molecule has 0 bridgehead atoms. The third kappa shape index (κ3) is 4.40. The van der Waals surface area contributed by atoms with Crippen LogP contribution in [0.5, 0.6) is 0 Å². The summed E-state index contributed by atoms with van der Waals surface area (Å²) in [6, 6.07) is 0.749. The minimum Gasteiger partial charge on any atom is -0.389 e. The van der Waals surface area contributed by atoms with Gasteiger partial charge in [-0.1, -0.05) is 20.8 Å². The zero-order chi connectivity index (χ0) is 12.2. The number of rotatable bonds is 5. The van der Waals surface area contributed by atoms with Gasteiger partial charge in [-0.05, 0) is 45.2 Å². The quantitative estimate of drug-likeness (QED) is 0.668. The molecule has 1 aliphatic heterocycles. The Bertz CT molecular complexity index is 204. The Morgan fingerprint density at radius 3 is 2.75 bits per heavy atom. The first-order chi connectivity index (χ1) is 7.42. The van der Waals surface area contributed by atoms with E-state index in [0.29, 0.717) is 6.04 Å². The number of hydrogen-bond acceptors (Lipinski definition) is 3. The molecule has 0 aromatic heterocycles. The van der Waals surface area contributed by atoms with Gasteiger partial charge in [-0.2, -0.15) is 0 Å². The van der Waals surface area contributed by atoms with Crippen LogP contribution in [0.3, 0.4) is 0 Å². The molecule has 0 radical (unpaired) electrons. The molecule has 1 fully saturated rings. The summed E-state index contributed by atoms with van der Waals surface area (Å²) in [6.45, 7) is 10.4. The van der Waals surface area contributed by atoms with Gasteiger partial charge in [0, 0.05) is 12.1 Å². The highest BCUT2D eigenvalue weighted by molar-refractivity contribution is 4.91. The van der Waals surface area contributed by atoms with E-state index in [9.17, 15) is 5.11 Å². The third-order valence-electron chi connectivity index (χ3n) is 3.60. The van der Waals surface area contributed by atoms with Gasteiger partial charge in [0.15, 0.2) is 0 Å². The highest BCUT2D eigenvalue weighted by atomic mass is 16.3. The van der Waals surface area contributed by atoms with Crippen LogP contribution in [-0.4, -0.2) is 35.9 Å². The predicted molar refractivity (Wildman–Crippen MR) is 68.6 cm³/mol. The van der Waals surface area contributed by atoms with Crippen LogP contribution in [-0.2, 0) is 0 Å². The molecule has 3 atom stereocenters. The summed E-state index contributed by atoms with van der Waals surface area (Å²) in [7, 11) is 0. The lowest BCUT2D eigenvalue weighted by Crippen LogP contribution is -2.53. The Labute approximate surface area is 100 Å². The predicted octanol–water partition coefficient (Wildman–Crippen LogP) is 1.51. The molecule has 1 rings (SSSR count). The van der Waals surface area contributed by atoms with Crippen LogP contribution in [0.15, 0.2) is 0 Å². The lowest BCUT2D eigenvalue weighted by atomic mass is 9.83. The molecule has 3 N–H and O–H groups in total. The van der Waals surface area contributed by atoms with E-state index in [1.807, 2.05) is 6.92 Å². The summed E-state index contributed by atoms with van der Waals surface area (Å²) in [5, 5.41) is 17.3. The maximum Gasteiger partial charge on any atom is 0.0784 e. The molecule has 0 aromatic carbocycles. The molecular formula is C13H28N2O. The minimum atomic E-state index is -0.587. The molecule has 1 saturated heterocycles. The number of aliphatic hydroxyl groups is 1. The molecule has 1 heterocycles. The fraction of sp³-hybridized carbons (Fsp3) is 1.00. The molecular weight excluding hydrogens is 200 g/mol. The van der Waals surface area contributed by atoms with E-state index < -0.39 is 5.60 Å². The van der Waals surface area contributed by atoms with Crippen molar-refractivity contribution in [3.63, 3.8) is 0 Å². The highest BCUT2D eigenvalue weighted by Gasteiger charge is 2.34. The van der Waals surface area contributed by atoms with E-state index >= 15 is 0 Å². The average Bonchev–Trinajstić information content (AvgIpc) is 2.16. The maximum atomic E-state index is 10.5. The van der Waals surface area contributed by atoms with Crippen molar-refractivity contribution < 1.29 is 5.11 Å². The van der Waals surface area contributed by atoms with E-state index in [1.165, 1.54) is 6.42 Å². The Hall–Kier alpha value is -0.120. The van der Waals surface area contributed by atoms with Gasteiger partial charge in [-0.15, -0.1) is 0 Å². The molecule has 0 spiro atoms. The largest absolute Gasteiger partial charge is 0.389 e. The van der Waals surface area contributed by atoms with Gasteiger partial charge in [0.2, 0.25) is 0 Å². The lowest BCUT2D eigenvalue weighted by molar-refractivity contribution is -0.00411. The van der Waals surface area contributed by atoms with Crippen molar-refractivity contribution in [3.05, 3.63) is 0 Å². The topological polar surface area (TPSA) is 44.3 Å². The van der Waals surface area contributed by atoms with E-state index in [1.54, 1.807) is 0 Å². The van der Waals surface area contributed by atoms with Crippen molar-refractivity contribution in [2.75, 3.05) is 13.1 Å². The summed E-state index contributed by atoms with van der Waals surface area (Å²) >= 11 is 0. The van der Waals surface area contributed by atoms with Crippen LogP contribution in [0, 0.1) is 5.92 Å². The van der Waals surface area contributed by atoms with Crippen molar-refractivity contribution >= 4 is 0 Å². The van der Waals surface area contributed by atoms with Gasteiger partial charge in [-0.25, -0.2) is 0 Å². The van der Waals surface area contributed by atoms with Crippen molar-refractivity contribution in [1.29, 1.82) is 0 Å². The molecule has 3 nitrogen and oxygen atoms in total. The highest BCUT2D eigenvalue weighted by Crippen LogP contribution is 2.25. The second kappa shape index (κ2) is 5.99.